The van der Waals surface area contributed by atoms with Crippen molar-refractivity contribution >= 4 is 30.1 Å². The van der Waals surface area contributed by atoms with E-state index in [4.69, 9.17) is 0 Å². The van der Waals surface area contributed by atoms with Gasteiger partial charge in [0.25, 0.3) is 0 Å². The Kier molecular flexibility index (Phi) is 10.6. The number of hydrogen-bond donors (Lipinski definition) is 4. The second-order valence-corrected chi connectivity index (χ2v) is 11.0. The third kappa shape index (κ3) is 7.69. The minimum Gasteiger partial charge on any atom is -0.384 e. The van der Waals surface area contributed by atoms with Gasteiger partial charge in [-0.05, 0) is 36.1 Å². The average Bonchev–Trinajstić information content (AvgIpc) is 2.69. The zero-order valence-electron chi connectivity index (χ0n) is 21.4. The Balaban J connectivity index is 3.16. The third-order valence-electron chi connectivity index (χ3n) is 5.73. The van der Waals surface area contributed by atoms with Crippen LogP contribution in [-0.4, -0.2) is 61.7 Å². The molecule has 0 fully saturated rings. The Morgan fingerprint density at radius 1 is 1.09 bits per heavy atom. The van der Waals surface area contributed by atoms with E-state index in [-0.39, 0.29) is 11.8 Å². The molecule has 7 heteroatoms. The highest BCUT2D eigenvalue weighted by atomic mass is 32.1. The van der Waals surface area contributed by atoms with Crippen LogP contribution in [0.2, 0.25) is 0 Å². The molecule has 2 atom stereocenters. The molecule has 2 unspecified atom stereocenters. The van der Waals surface area contributed by atoms with Gasteiger partial charge in [-0.1, -0.05) is 60.6 Å². The molecule has 0 aliphatic carbocycles. The predicted octanol–water partition coefficient (Wildman–Crippen LogP) is 3.54. The van der Waals surface area contributed by atoms with Gasteiger partial charge in [-0.2, -0.15) is 12.6 Å². The summed E-state index contributed by atoms with van der Waals surface area (Å²) in [6.45, 7) is 15.6. The fourth-order valence-electron chi connectivity index (χ4n) is 3.95. The molecule has 1 aromatic carbocycles. The summed E-state index contributed by atoms with van der Waals surface area (Å²) in [6.07, 6.45) is 0. The third-order valence-corrected chi connectivity index (χ3v) is 5.96. The molecule has 1 rings (SSSR count). The van der Waals surface area contributed by atoms with Gasteiger partial charge in [0.2, 0.25) is 11.8 Å². The van der Waals surface area contributed by atoms with E-state index in [1.54, 1.807) is 19.0 Å². The van der Waals surface area contributed by atoms with Crippen LogP contribution in [0.25, 0.3) is 0 Å². The molecule has 0 aromatic heterocycles. The molecule has 1 aromatic rings. The lowest BCUT2D eigenvalue weighted by Gasteiger charge is -2.38. The maximum absolute atomic E-state index is 13.5. The van der Waals surface area contributed by atoms with Crippen molar-refractivity contribution in [2.24, 2.45) is 11.3 Å². The predicted molar refractivity (Wildman–Crippen MR) is 139 cm³/mol. The largest absolute Gasteiger partial charge is 0.384 e. The highest BCUT2D eigenvalue weighted by Gasteiger charge is 2.40. The maximum Gasteiger partial charge on any atom is 0.245 e. The molecule has 0 saturated carbocycles. The van der Waals surface area contributed by atoms with Crippen LogP contribution in [0, 0.1) is 11.3 Å². The van der Waals surface area contributed by atoms with Crippen molar-refractivity contribution in [3.05, 3.63) is 29.8 Å². The van der Waals surface area contributed by atoms with Crippen LogP contribution in [0.3, 0.4) is 0 Å². The first-order chi connectivity index (χ1) is 14.7. The number of rotatable bonds is 11. The first-order valence-corrected chi connectivity index (χ1v) is 12.1. The fraction of sp³-hybridized carbons (Fsp3) is 0.680. The van der Waals surface area contributed by atoms with Gasteiger partial charge in [-0.25, -0.2) is 0 Å². The topological polar surface area (TPSA) is 73.5 Å². The number of carbonyl (C=O) groups is 2. The van der Waals surface area contributed by atoms with Gasteiger partial charge < -0.3 is 20.9 Å². The van der Waals surface area contributed by atoms with E-state index in [2.05, 4.69) is 48.5 Å². The molecule has 0 saturated heterocycles. The van der Waals surface area contributed by atoms with Crippen LogP contribution in [-0.2, 0) is 15.0 Å². The monoisotopic (exact) mass is 464 g/mol. The lowest BCUT2D eigenvalue weighted by molar-refractivity contribution is -0.139. The van der Waals surface area contributed by atoms with Crippen LogP contribution < -0.4 is 16.0 Å². The number of nitrogens with one attached hydrogen (secondary N) is 3. The number of carbonyl (C=O) groups excluding carboxylic acids is 2. The van der Waals surface area contributed by atoms with Gasteiger partial charge >= 0.3 is 0 Å². The number of anilines is 1. The molecular formula is C25H44N4O2S. The van der Waals surface area contributed by atoms with E-state index < -0.39 is 22.9 Å². The number of nitrogens with zero attached hydrogens (tertiary/aromatic N) is 1. The summed E-state index contributed by atoms with van der Waals surface area (Å²) in [5.74, 6) is 0.845. The van der Waals surface area contributed by atoms with Crippen LogP contribution >= 0.6 is 12.6 Å². The van der Waals surface area contributed by atoms with Crippen LogP contribution in [0.15, 0.2) is 24.3 Å². The van der Waals surface area contributed by atoms with E-state index in [1.165, 1.54) is 0 Å². The molecule has 6 nitrogen and oxygen atoms in total. The van der Waals surface area contributed by atoms with Crippen LogP contribution in [0.5, 0.6) is 0 Å². The molecule has 3 N–H and O–H groups in total. The zero-order valence-corrected chi connectivity index (χ0v) is 22.3. The van der Waals surface area contributed by atoms with Gasteiger partial charge in [0.15, 0.2) is 0 Å². The van der Waals surface area contributed by atoms with Gasteiger partial charge in [0.05, 0.1) is 6.04 Å². The Bertz CT molecular complexity index is 759. The van der Waals surface area contributed by atoms with Crippen molar-refractivity contribution < 1.29 is 9.59 Å². The summed E-state index contributed by atoms with van der Waals surface area (Å²) >= 11 is 4.26. The first-order valence-electron chi connectivity index (χ1n) is 11.4. The quantitative estimate of drug-likeness (QED) is 0.378. The van der Waals surface area contributed by atoms with Crippen molar-refractivity contribution in [2.45, 2.75) is 66.0 Å². The number of thiol groups is 1. The van der Waals surface area contributed by atoms with E-state index in [0.29, 0.717) is 12.5 Å². The van der Waals surface area contributed by atoms with E-state index in [1.807, 2.05) is 52.8 Å². The second kappa shape index (κ2) is 11.9. The molecule has 0 aliphatic rings. The Morgan fingerprint density at radius 2 is 1.72 bits per heavy atom. The Morgan fingerprint density at radius 3 is 2.22 bits per heavy atom. The van der Waals surface area contributed by atoms with Crippen LogP contribution in [0.4, 0.5) is 5.69 Å². The summed E-state index contributed by atoms with van der Waals surface area (Å²) < 4.78 is 0. The van der Waals surface area contributed by atoms with Gasteiger partial charge in [0.1, 0.15) is 6.04 Å². The lowest BCUT2D eigenvalue weighted by Crippen LogP contribution is -2.61. The van der Waals surface area contributed by atoms with Crippen molar-refractivity contribution in [3.8, 4) is 0 Å². The Hall–Kier alpha value is -1.73. The zero-order chi connectivity index (χ0) is 24.7. The minimum atomic E-state index is -0.617. The number of hydrogen-bond acceptors (Lipinski definition) is 5. The first kappa shape index (κ1) is 28.3. The number of benzene rings is 1. The maximum atomic E-state index is 13.5. The van der Waals surface area contributed by atoms with E-state index in [9.17, 15) is 9.59 Å². The van der Waals surface area contributed by atoms with Gasteiger partial charge in [-0.15, -0.1) is 0 Å². The average molecular weight is 465 g/mol. The standard InChI is InChI=1S/C25H44N4O2S/c1-17(2)16-29(9)23(31)21(24(3,4)5)28-22(30)20(26-8)25(6,7)18-11-10-12-19(15-18)27-13-14-32/h10-12,15,17,20-21,26-27,32H,13-14,16H2,1-9H3,(H,28,30). The summed E-state index contributed by atoms with van der Waals surface area (Å²) in [4.78, 5) is 28.4. The highest BCUT2D eigenvalue weighted by Crippen LogP contribution is 2.30. The minimum absolute atomic E-state index is 0.0647. The van der Waals surface area contributed by atoms with Crippen LogP contribution in [0.1, 0.15) is 54.0 Å². The smallest absolute Gasteiger partial charge is 0.245 e. The van der Waals surface area contributed by atoms with Crippen molar-refractivity contribution in [1.29, 1.82) is 0 Å². The summed E-state index contributed by atoms with van der Waals surface area (Å²) in [7, 11) is 3.59. The van der Waals surface area contributed by atoms with E-state index >= 15 is 0 Å². The molecule has 32 heavy (non-hydrogen) atoms. The molecule has 0 heterocycles. The molecule has 182 valence electrons. The summed E-state index contributed by atoms with van der Waals surface area (Å²) in [6, 6.07) is 6.97. The Labute approximate surface area is 200 Å². The number of amides is 2. The van der Waals surface area contributed by atoms with Gasteiger partial charge in [-0.3, -0.25) is 9.59 Å². The molecule has 0 aliphatic heterocycles. The van der Waals surface area contributed by atoms with Crippen molar-refractivity contribution in [2.75, 3.05) is 38.3 Å². The normalized spacial score (nSPS) is 14.1. The van der Waals surface area contributed by atoms with Crippen molar-refractivity contribution in [1.82, 2.24) is 15.5 Å². The number of likely N-dealkylation sites (N-methyl/N-ethyl adjacent to an activating group) is 2. The highest BCUT2D eigenvalue weighted by molar-refractivity contribution is 7.80. The summed E-state index contributed by atoms with van der Waals surface area (Å²) in [5.41, 5.74) is 1.11. The molecule has 0 radical (unpaired) electrons. The van der Waals surface area contributed by atoms with E-state index in [0.717, 1.165) is 23.5 Å². The fourth-order valence-corrected chi connectivity index (χ4v) is 4.06. The van der Waals surface area contributed by atoms with Crippen molar-refractivity contribution in [3.63, 3.8) is 0 Å². The molecule has 0 spiro atoms. The molecule has 2 amide bonds. The lowest BCUT2D eigenvalue weighted by atomic mass is 9.76. The van der Waals surface area contributed by atoms with Gasteiger partial charge in [0, 0.05) is 37.0 Å². The second-order valence-electron chi connectivity index (χ2n) is 10.6. The summed E-state index contributed by atoms with van der Waals surface area (Å²) in [5, 5.41) is 9.60. The molecular weight excluding hydrogens is 420 g/mol. The molecule has 0 bridgehead atoms. The SMILES string of the molecule is CNC(C(=O)NC(C(=O)N(C)CC(C)C)C(C)(C)C)C(C)(C)c1cccc(NCCS)c1.